The summed E-state index contributed by atoms with van der Waals surface area (Å²) >= 11 is 0.855. The lowest BCUT2D eigenvalue weighted by Crippen LogP contribution is -2.42. The van der Waals surface area contributed by atoms with Crippen molar-refractivity contribution in [2.45, 2.75) is 88.7 Å². The lowest BCUT2D eigenvalue weighted by atomic mass is 10.1. The third-order valence-electron chi connectivity index (χ3n) is 6.99. The van der Waals surface area contributed by atoms with E-state index < -0.39 is 44.4 Å². The van der Waals surface area contributed by atoms with Crippen LogP contribution in [0, 0.1) is 0 Å². The summed E-state index contributed by atoms with van der Waals surface area (Å²) in [7, 11) is -8.17. The van der Waals surface area contributed by atoms with Gasteiger partial charge in [-0.05, 0) is 43.7 Å². The number of anilines is 1. The molecule has 4 heterocycles. The van der Waals surface area contributed by atoms with E-state index in [9.17, 15) is 21.9 Å². The Hall–Kier alpha value is -2.43. The van der Waals surface area contributed by atoms with Crippen LogP contribution < -0.4 is 10.6 Å². The molecule has 0 unspecified atom stereocenters. The van der Waals surface area contributed by atoms with Gasteiger partial charge < -0.3 is 29.6 Å². The minimum absolute atomic E-state index is 0.00224. The molecule has 0 bridgehead atoms. The van der Waals surface area contributed by atoms with E-state index in [4.69, 9.17) is 13.9 Å². The van der Waals surface area contributed by atoms with Crippen molar-refractivity contribution in [1.82, 2.24) is 9.62 Å². The molecule has 0 spiro atoms. The summed E-state index contributed by atoms with van der Waals surface area (Å²) in [6.45, 7) is 9.65. The van der Waals surface area contributed by atoms with Crippen LogP contribution in [-0.4, -0.2) is 57.2 Å². The van der Waals surface area contributed by atoms with Crippen molar-refractivity contribution >= 4 is 42.9 Å². The predicted molar refractivity (Wildman–Crippen MR) is 150 cm³/mol. The molecule has 1 aliphatic carbocycles. The molecule has 220 valence electrons. The van der Waals surface area contributed by atoms with Gasteiger partial charge in [0.05, 0.1) is 18.0 Å². The Balaban J connectivity index is 1.50. The summed E-state index contributed by atoms with van der Waals surface area (Å²) in [4.78, 5) is -0.270. The van der Waals surface area contributed by atoms with Crippen molar-refractivity contribution < 1.29 is 35.8 Å². The highest BCUT2D eigenvalue weighted by Crippen LogP contribution is 2.44. The Kier molecular flexibility index (Phi) is 7.82. The Bertz CT molecular complexity index is 1550. The van der Waals surface area contributed by atoms with Gasteiger partial charge in [-0.2, -0.15) is 12.7 Å². The molecule has 1 saturated heterocycles. The molecule has 3 N–H and O–H groups in total. The maximum atomic E-state index is 13.3. The van der Waals surface area contributed by atoms with Gasteiger partial charge in [-0.1, -0.05) is 27.7 Å². The summed E-state index contributed by atoms with van der Waals surface area (Å²) < 4.78 is 74.9. The van der Waals surface area contributed by atoms with Crippen LogP contribution in [0.2, 0.25) is 0 Å². The topological polar surface area (TPSA) is 160 Å². The van der Waals surface area contributed by atoms with Crippen molar-refractivity contribution in [1.29, 1.82) is 0 Å². The minimum Gasteiger partial charge on any atom is -0.504 e. The highest BCUT2D eigenvalue weighted by molar-refractivity contribution is 7.94. The zero-order valence-electron chi connectivity index (χ0n) is 22.9. The van der Waals surface area contributed by atoms with Crippen molar-refractivity contribution in [3.8, 4) is 5.75 Å². The maximum absolute atomic E-state index is 13.3. The van der Waals surface area contributed by atoms with Crippen molar-refractivity contribution in [3.05, 3.63) is 39.6 Å². The highest BCUT2D eigenvalue weighted by atomic mass is 32.2. The second-order valence-electron chi connectivity index (χ2n) is 10.2. The second-order valence-corrected chi connectivity index (χ2v) is 14.8. The number of furan rings is 1. The first-order chi connectivity index (χ1) is 18.9. The molecule has 2 aromatic rings. The first-order valence-corrected chi connectivity index (χ1v) is 17.0. The molecule has 1 atom stereocenters. The van der Waals surface area contributed by atoms with Crippen molar-refractivity contribution in [3.63, 3.8) is 0 Å². The van der Waals surface area contributed by atoms with Crippen LogP contribution in [0.25, 0.3) is 0 Å². The Labute approximate surface area is 238 Å². The fourth-order valence-electron chi connectivity index (χ4n) is 4.63. The molecule has 0 amide bonds. The van der Waals surface area contributed by atoms with Crippen LogP contribution in [0.4, 0.5) is 5.69 Å². The third kappa shape index (κ3) is 5.30. The van der Waals surface area contributed by atoms with E-state index in [0.717, 1.165) is 29.7 Å². The summed E-state index contributed by atoms with van der Waals surface area (Å²) in [5, 5.41) is 18.5. The van der Waals surface area contributed by atoms with Crippen LogP contribution in [0.3, 0.4) is 0 Å². The van der Waals surface area contributed by atoms with Crippen molar-refractivity contribution in [2.75, 3.05) is 11.9 Å². The molecular formula is C25H34N4O8S3. The molecule has 15 heteroatoms. The molecule has 5 rings (SSSR count). The normalized spacial score (nSPS) is 23.4. The van der Waals surface area contributed by atoms with E-state index in [2.05, 4.69) is 15.0 Å². The summed E-state index contributed by atoms with van der Waals surface area (Å²) in [5.74, 6) is 0.325. The number of aromatic hydroxyl groups is 1. The van der Waals surface area contributed by atoms with Gasteiger partial charge in [-0.3, -0.25) is 0 Å². The minimum atomic E-state index is -4.23. The van der Waals surface area contributed by atoms with Gasteiger partial charge >= 0.3 is 0 Å². The molecule has 40 heavy (non-hydrogen) atoms. The fraction of sp³-hybridized carbons (Fsp3) is 0.560. The number of nitrogens with zero attached hydrogens (tertiary/aromatic N) is 2. The number of hydrogen-bond acceptors (Lipinski definition) is 11. The Morgan fingerprint density at radius 1 is 1.25 bits per heavy atom. The van der Waals surface area contributed by atoms with Crippen LogP contribution in [0.5, 0.6) is 5.75 Å². The standard InChI is InChI=1S/C25H34N4O8S3/c1-6-17(19-10-15(11-35-19)13(3)4)27-23-20(22(39(31,32)28-23)24-36-14(5)37-24)26-18-12-38-25(21(18)30)40(33,34)29(7-2)16-8-9-16/h10-14,16-17,24,26,30H,6-9H2,1-5H3,(H,27,28)/t14?,17-,24?/m1/s1. The smallest absolute Gasteiger partial charge is 0.287 e. The molecular weight excluding hydrogens is 580 g/mol. The molecule has 1 saturated carbocycles. The summed E-state index contributed by atoms with van der Waals surface area (Å²) in [5.41, 5.74) is 1.02. The largest absolute Gasteiger partial charge is 0.504 e. The first kappa shape index (κ1) is 29.1. The molecule has 2 aliphatic heterocycles. The van der Waals surface area contributed by atoms with Crippen LogP contribution >= 0.6 is 11.3 Å². The monoisotopic (exact) mass is 614 g/mol. The van der Waals surface area contributed by atoms with Gasteiger partial charge in [0.15, 0.2) is 22.1 Å². The molecule has 12 nitrogen and oxygen atoms in total. The lowest BCUT2D eigenvalue weighted by molar-refractivity contribution is -0.356. The lowest BCUT2D eigenvalue weighted by Gasteiger charge is -2.34. The SMILES string of the molecule is CC[C@@H](NC1=NS(=O)(=O)C(C2OC(C)O2)=C1Nc1csc(S(=O)(=O)N(CC)C2CC2)c1O)c1cc(C(C)C)co1. The number of thiophene rings is 1. The zero-order chi connectivity index (χ0) is 29.0. The van der Waals surface area contributed by atoms with Gasteiger partial charge in [0.25, 0.3) is 20.0 Å². The second kappa shape index (κ2) is 10.8. The molecule has 2 aromatic heterocycles. The number of amidine groups is 1. The van der Waals surface area contributed by atoms with Gasteiger partial charge in [0, 0.05) is 18.0 Å². The van der Waals surface area contributed by atoms with Gasteiger partial charge in [-0.15, -0.1) is 15.7 Å². The average molecular weight is 615 g/mol. The Morgan fingerprint density at radius 3 is 2.50 bits per heavy atom. The average Bonchev–Trinajstić information content (AvgIpc) is 3.33. The fourth-order valence-corrected chi connectivity index (χ4v) is 8.92. The van der Waals surface area contributed by atoms with E-state index in [1.807, 2.05) is 26.8 Å². The number of nitrogens with one attached hydrogen (secondary N) is 2. The quantitative estimate of drug-likeness (QED) is 0.335. The van der Waals surface area contributed by atoms with E-state index in [-0.39, 0.29) is 44.8 Å². The van der Waals surface area contributed by atoms with Gasteiger partial charge in [-0.25, -0.2) is 8.42 Å². The van der Waals surface area contributed by atoms with Gasteiger partial charge in [0.1, 0.15) is 16.4 Å². The molecule has 0 radical (unpaired) electrons. The number of ether oxygens (including phenoxy) is 2. The molecule has 0 aromatic carbocycles. The zero-order valence-corrected chi connectivity index (χ0v) is 25.3. The van der Waals surface area contributed by atoms with E-state index >= 15 is 0 Å². The number of sulfonamides is 2. The summed E-state index contributed by atoms with van der Waals surface area (Å²) in [6.07, 6.45) is 1.94. The van der Waals surface area contributed by atoms with E-state index in [1.54, 1.807) is 20.1 Å². The van der Waals surface area contributed by atoms with Crippen LogP contribution in [0.15, 0.2) is 41.3 Å². The van der Waals surface area contributed by atoms with E-state index in [0.29, 0.717) is 12.2 Å². The first-order valence-electron chi connectivity index (χ1n) is 13.2. The van der Waals surface area contributed by atoms with Gasteiger partial charge in [0.2, 0.25) is 6.29 Å². The molecule has 2 fully saturated rings. The number of rotatable bonds is 11. The molecule has 3 aliphatic rings. The van der Waals surface area contributed by atoms with Crippen LogP contribution in [-0.2, 0) is 29.5 Å². The van der Waals surface area contributed by atoms with E-state index in [1.165, 1.54) is 9.69 Å². The maximum Gasteiger partial charge on any atom is 0.287 e. The third-order valence-corrected chi connectivity index (χ3v) is 11.9. The van der Waals surface area contributed by atoms with Crippen LogP contribution in [0.1, 0.15) is 77.2 Å². The summed E-state index contributed by atoms with van der Waals surface area (Å²) in [6, 6.07) is 1.40. The highest BCUT2D eigenvalue weighted by Gasteiger charge is 2.46. The predicted octanol–water partition coefficient (Wildman–Crippen LogP) is 4.17. The Morgan fingerprint density at radius 2 is 1.95 bits per heavy atom. The number of hydrogen-bond donors (Lipinski definition) is 3. The van der Waals surface area contributed by atoms with Crippen molar-refractivity contribution in [2.24, 2.45) is 4.40 Å².